The molecule has 2 atom stereocenters. The third kappa shape index (κ3) is 5.70. The molecule has 2 amide bonds. The number of anilines is 1. The van der Waals surface area contributed by atoms with Crippen LogP contribution >= 0.6 is 11.8 Å². The van der Waals surface area contributed by atoms with Crippen molar-refractivity contribution in [2.24, 2.45) is 0 Å². The van der Waals surface area contributed by atoms with Crippen LogP contribution in [0.25, 0.3) is 0 Å². The van der Waals surface area contributed by atoms with Gasteiger partial charge in [-0.05, 0) is 48.9 Å². The maximum absolute atomic E-state index is 14.2. The van der Waals surface area contributed by atoms with Gasteiger partial charge in [0, 0.05) is 17.0 Å². The van der Waals surface area contributed by atoms with E-state index in [1.54, 1.807) is 37.3 Å². The normalized spacial score (nSPS) is 16.4. The first-order valence-electron chi connectivity index (χ1n) is 12.2. The topological polar surface area (TPSA) is 95.6 Å². The van der Waals surface area contributed by atoms with Gasteiger partial charge in [-0.1, -0.05) is 23.8 Å². The van der Waals surface area contributed by atoms with E-state index in [4.69, 9.17) is 23.7 Å². The van der Waals surface area contributed by atoms with Crippen LogP contribution in [0.2, 0.25) is 0 Å². The number of methoxy groups -OCH3 is 5. The molecule has 206 valence electrons. The first kappa shape index (κ1) is 28.0. The summed E-state index contributed by atoms with van der Waals surface area (Å²) >= 11 is 1.50. The second-order valence-corrected chi connectivity index (χ2v) is 9.91. The van der Waals surface area contributed by atoms with Crippen LogP contribution in [0, 0.1) is 6.92 Å². The summed E-state index contributed by atoms with van der Waals surface area (Å²) in [5.41, 5.74) is 2.83. The monoisotopic (exact) mass is 552 g/mol. The summed E-state index contributed by atoms with van der Waals surface area (Å²) in [5, 5.41) is 2.50. The molecule has 3 aromatic rings. The molecule has 1 aliphatic heterocycles. The van der Waals surface area contributed by atoms with E-state index in [0.29, 0.717) is 45.8 Å². The molecule has 0 spiro atoms. The lowest BCUT2D eigenvalue weighted by Gasteiger charge is -2.30. The maximum Gasteiger partial charge on any atom is 0.256 e. The Bertz CT molecular complexity index is 1320. The van der Waals surface area contributed by atoms with E-state index < -0.39 is 11.4 Å². The zero-order valence-corrected chi connectivity index (χ0v) is 23.6. The number of benzene rings is 3. The molecule has 1 fully saturated rings. The van der Waals surface area contributed by atoms with Gasteiger partial charge in [0.25, 0.3) is 5.91 Å². The summed E-state index contributed by atoms with van der Waals surface area (Å²) in [6, 6.07) is 15.4. The standard InChI is InChI=1S/C29H32N2O7S/c1-17-7-10-20(11-8-17)30-27(32)21-16-39-29(18-9-12-22(34-2)23(13-18)35-3)31(21)28(33)19-14-24(36-4)26(38-6)25(15-19)37-5/h7-15,21,29H,16H2,1-6H3,(H,30,32). The second-order valence-electron chi connectivity index (χ2n) is 8.80. The van der Waals surface area contributed by atoms with Gasteiger partial charge in [-0.15, -0.1) is 11.8 Å². The Balaban J connectivity index is 1.76. The highest BCUT2D eigenvalue weighted by Crippen LogP contribution is 2.46. The molecule has 1 saturated heterocycles. The molecule has 0 aliphatic carbocycles. The Labute approximate surface area is 232 Å². The van der Waals surface area contributed by atoms with E-state index in [2.05, 4.69) is 5.32 Å². The summed E-state index contributed by atoms with van der Waals surface area (Å²) in [5.74, 6) is 1.91. The third-order valence-corrected chi connectivity index (χ3v) is 7.78. The minimum Gasteiger partial charge on any atom is -0.493 e. The SMILES string of the molecule is COc1ccc(C2SCC(C(=O)Nc3ccc(C)cc3)N2C(=O)c2cc(OC)c(OC)c(OC)c2)cc1OC. The van der Waals surface area contributed by atoms with Crippen LogP contribution in [-0.4, -0.2) is 64.1 Å². The fourth-order valence-electron chi connectivity index (χ4n) is 4.44. The average Bonchev–Trinajstić information content (AvgIpc) is 3.42. The molecular formula is C29H32N2O7S. The number of nitrogens with one attached hydrogen (secondary N) is 1. The number of nitrogens with zero attached hydrogens (tertiary/aromatic N) is 1. The van der Waals surface area contributed by atoms with Crippen LogP contribution in [0.3, 0.4) is 0 Å². The molecule has 3 aromatic carbocycles. The molecule has 4 rings (SSSR count). The largest absolute Gasteiger partial charge is 0.493 e. The van der Waals surface area contributed by atoms with Gasteiger partial charge in [-0.2, -0.15) is 0 Å². The molecule has 9 nitrogen and oxygen atoms in total. The molecule has 1 N–H and O–H groups in total. The van der Waals surface area contributed by atoms with Crippen molar-refractivity contribution in [3.63, 3.8) is 0 Å². The quantitative estimate of drug-likeness (QED) is 0.399. The van der Waals surface area contributed by atoms with Crippen molar-refractivity contribution in [2.75, 3.05) is 46.6 Å². The van der Waals surface area contributed by atoms with Gasteiger partial charge in [0.05, 0.1) is 35.5 Å². The van der Waals surface area contributed by atoms with Crippen LogP contribution in [0.15, 0.2) is 54.6 Å². The van der Waals surface area contributed by atoms with Crippen molar-refractivity contribution in [3.8, 4) is 28.7 Å². The van der Waals surface area contributed by atoms with Crippen LogP contribution in [0.5, 0.6) is 28.7 Å². The van der Waals surface area contributed by atoms with Crippen molar-refractivity contribution < 1.29 is 33.3 Å². The molecule has 0 aromatic heterocycles. The second kappa shape index (κ2) is 12.2. The summed E-state index contributed by atoms with van der Waals surface area (Å²) in [7, 11) is 7.59. The molecule has 39 heavy (non-hydrogen) atoms. The van der Waals surface area contributed by atoms with Gasteiger partial charge in [-0.3, -0.25) is 9.59 Å². The molecule has 1 aliphatic rings. The first-order valence-corrected chi connectivity index (χ1v) is 13.2. The number of hydrogen-bond acceptors (Lipinski definition) is 8. The van der Waals surface area contributed by atoms with E-state index in [-0.39, 0.29) is 11.8 Å². The highest BCUT2D eigenvalue weighted by atomic mass is 32.2. The van der Waals surface area contributed by atoms with E-state index in [1.807, 2.05) is 43.3 Å². The van der Waals surface area contributed by atoms with Crippen molar-refractivity contribution in [1.29, 1.82) is 0 Å². The van der Waals surface area contributed by atoms with Gasteiger partial charge >= 0.3 is 0 Å². The number of carbonyl (C=O) groups excluding carboxylic acids is 2. The Hall–Kier alpha value is -4.05. The maximum atomic E-state index is 14.2. The zero-order valence-electron chi connectivity index (χ0n) is 22.8. The van der Waals surface area contributed by atoms with Crippen LogP contribution in [-0.2, 0) is 4.79 Å². The summed E-state index contributed by atoms with van der Waals surface area (Å²) in [4.78, 5) is 29.3. The van der Waals surface area contributed by atoms with Gasteiger partial charge in [-0.25, -0.2) is 0 Å². The molecular weight excluding hydrogens is 520 g/mol. The molecule has 0 saturated carbocycles. The summed E-state index contributed by atoms with van der Waals surface area (Å²) in [6.07, 6.45) is 0. The summed E-state index contributed by atoms with van der Waals surface area (Å²) < 4.78 is 27.3. The van der Waals surface area contributed by atoms with Gasteiger partial charge in [0.2, 0.25) is 11.7 Å². The van der Waals surface area contributed by atoms with Crippen LogP contribution in [0.1, 0.15) is 26.9 Å². The highest BCUT2D eigenvalue weighted by molar-refractivity contribution is 7.99. The van der Waals surface area contributed by atoms with Crippen LogP contribution in [0.4, 0.5) is 5.69 Å². The molecule has 10 heteroatoms. The number of hydrogen-bond donors (Lipinski definition) is 1. The molecule has 2 unspecified atom stereocenters. The Morgan fingerprint density at radius 2 is 1.41 bits per heavy atom. The minimum atomic E-state index is -0.749. The Morgan fingerprint density at radius 1 is 0.795 bits per heavy atom. The number of ether oxygens (including phenoxy) is 5. The molecule has 0 radical (unpaired) electrons. The third-order valence-electron chi connectivity index (χ3n) is 6.46. The first-order chi connectivity index (χ1) is 18.8. The van der Waals surface area contributed by atoms with Crippen molar-refractivity contribution in [2.45, 2.75) is 18.3 Å². The number of carbonyl (C=O) groups is 2. The number of thioether (sulfide) groups is 1. The number of aryl methyl sites for hydroxylation is 1. The fourth-order valence-corrected chi connectivity index (χ4v) is 5.85. The Morgan fingerprint density at radius 3 is 1.97 bits per heavy atom. The summed E-state index contributed by atoms with van der Waals surface area (Å²) in [6.45, 7) is 1.98. The van der Waals surface area contributed by atoms with Gasteiger partial charge < -0.3 is 33.9 Å². The van der Waals surface area contributed by atoms with E-state index in [0.717, 1.165) is 11.1 Å². The lowest BCUT2D eigenvalue weighted by atomic mass is 10.1. The van der Waals surface area contributed by atoms with Crippen LogP contribution < -0.4 is 29.0 Å². The van der Waals surface area contributed by atoms with E-state index in [1.165, 1.54) is 33.1 Å². The predicted octanol–water partition coefficient (Wildman–Crippen LogP) is 4.93. The van der Waals surface area contributed by atoms with Gasteiger partial charge in [0.15, 0.2) is 23.0 Å². The van der Waals surface area contributed by atoms with Gasteiger partial charge in [0.1, 0.15) is 11.4 Å². The Kier molecular flexibility index (Phi) is 8.75. The fraction of sp³-hybridized carbons (Fsp3) is 0.310. The van der Waals surface area contributed by atoms with Crippen molar-refractivity contribution >= 4 is 29.3 Å². The number of amides is 2. The van der Waals surface area contributed by atoms with E-state index in [9.17, 15) is 9.59 Å². The van der Waals surface area contributed by atoms with Crippen molar-refractivity contribution in [3.05, 3.63) is 71.3 Å². The number of rotatable bonds is 9. The minimum absolute atomic E-state index is 0.282. The zero-order chi connectivity index (χ0) is 28.1. The lowest BCUT2D eigenvalue weighted by molar-refractivity contribution is -0.119. The van der Waals surface area contributed by atoms with E-state index >= 15 is 0 Å². The highest BCUT2D eigenvalue weighted by Gasteiger charge is 2.43. The molecule has 1 heterocycles. The average molecular weight is 553 g/mol. The molecule has 0 bridgehead atoms. The lowest BCUT2D eigenvalue weighted by Crippen LogP contribution is -2.45. The van der Waals surface area contributed by atoms with Crippen molar-refractivity contribution in [1.82, 2.24) is 4.90 Å². The predicted molar refractivity (Wildman–Crippen MR) is 151 cm³/mol. The smallest absolute Gasteiger partial charge is 0.256 e.